The molecule has 10 heteroatoms. The average Bonchev–Trinajstić information content (AvgIpc) is 3.50. The molecule has 1 saturated heterocycles. The quantitative estimate of drug-likeness (QED) is 0.593. The van der Waals surface area contributed by atoms with Gasteiger partial charge in [-0.3, -0.25) is 9.36 Å². The molecule has 0 spiro atoms. The number of hydrogen-bond acceptors (Lipinski definition) is 6. The number of ether oxygens (including phenoxy) is 1. The number of alkyl halides is 2. The highest BCUT2D eigenvalue weighted by Gasteiger charge is 2.33. The zero-order valence-electron chi connectivity index (χ0n) is 17.6. The third-order valence-corrected chi connectivity index (χ3v) is 6.69. The van der Waals surface area contributed by atoms with Crippen molar-refractivity contribution in [2.24, 2.45) is 5.92 Å². The van der Waals surface area contributed by atoms with E-state index in [4.69, 9.17) is 0 Å². The van der Waals surface area contributed by atoms with Crippen LogP contribution in [0.1, 0.15) is 45.6 Å². The number of anilines is 2. The number of aromatic nitrogens is 3. The highest BCUT2D eigenvalue weighted by Crippen LogP contribution is 2.42. The predicted octanol–water partition coefficient (Wildman–Crippen LogP) is 4.57. The summed E-state index contributed by atoms with van der Waals surface area (Å²) < 4.78 is 31.9. The number of rotatable bonds is 8. The number of halogens is 2. The fraction of sp³-hybridized carbons (Fsp3) is 0.571. The molecular formula is C21H27F2N5O2S. The van der Waals surface area contributed by atoms with Crippen LogP contribution in [-0.2, 0) is 4.79 Å². The molecule has 1 N–H and O–H groups in total. The maximum atomic E-state index is 12.8. The third kappa shape index (κ3) is 5.28. The van der Waals surface area contributed by atoms with E-state index in [2.05, 4.69) is 36.6 Å². The van der Waals surface area contributed by atoms with Crippen molar-refractivity contribution in [1.29, 1.82) is 0 Å². The number of carbonyl (C=O) groups excluding carboxylic acids is 1. The van der Waals surface area contributed by atoms with Crippen LogP contribution < -0.4 is 15.0 Å². The number of thioether (sulfide) groups is 1. The Kier molecular flexibility index (Phi) is 6.64. The summed E-state index contributed by atoms with van der Waals surface area (Å²) >= 11 is 1.33. The van der Waals surface area contributed by atoms with Crippen LogP contribution in [0, 0.1) is 5.92 Å². The van der Waals surface area contributed by atoms with E-state index >= 15 is 0 Å². The Hall–Kier alpha value is -2.36. The molecule has 2 aliphatic rings. The first-order valence-corrected chi connectivity index (χ1v) is 11.5. The SMILES string of the molecule is CC1CCN(c2nnc(SC(C)C(=O)Nc3ccccc3OC(F)F)n2C2CC2)CC1. The lowest BCUT2D eigenvalue weighted by molar-refractivity contribution is -0.115. The summed E-state index contributed by atoms with van der Waals surface area (Å²) in [6, 6.07) is 6.54. The van der Waals surface area contributed by atoms with Gasteiger partial charge in [-0.1, -0.05) is 30.8 Å². The first-order valence-electron chi connectivity index (χ1n) is 10.6. The Labute approximate surface area is 184 Å². The molecule has 1 aromatic heterocycles. The van der Waals surface area contributed by atoms with Crippen molar-refractivity contribution in [1.82, 2.24) is 14.8 Å². The van der Waals surface area contributed by atoms with Crippen LogP contribution in [0.25, 0.3) is 0 Å². The first kappa shape index (κ1) is 21.9. The summed E-state index contributed by atoms with van der Waals surface area (Å²) in [5.41, 5.74) is 0.215. The van der Waals surface area contributed by atoms with Crippen LogP contribution in [0.2, 0.25) is 0 Å². The Bertz CT molecular complexity index is 913. The first-order chi connectivity index (χ1) is 14.9. The maximum absolute atomic E-state index is 12.8. The highest BCUT2D eigenvalue weighted by molar-refractivity contribution is 8.00. The number of amides is 1. The van der Waals surface area contributed by atoms with Gasteiger partial charge in [-0.2, -0.15) is 8.78 Å². The van der Waals surface area contributed by atoms with E-state index in [0.717, 1.165) is 55.8 Å². The number of carbonyl (C=O) groups is 1. The number of nitrogens with one attached hydrogen (secondary N) is 1. The molecule has 1 saturated carbocycles. The normalized spacial score (nSPS) is 18.3. The van der Waals surface area contributed by atoms with Gasteiger partial charge in [0.1, 0.15) is 5.75 Å². The van der Waals surface area contributed by atoms with Crippen molar-refractivity contribution in [2.75, 3.05) is 23.3 Å². The average molecular weight is 452 g/mol. The number of piperidine rings is 1. The smallest absolute Gasteiger partial charge is 0.387 e. The van der Waals surface area contributed by atoms with Crippen LogP contribution in [0.15, 0.2) is 29.4 Å². The number of hydrogen-bond donors (Lipinski definition) is 1. The number of benzene rings is 1. The molecule has 1 aliphatic heterocycles. The molecule has 1 amide bonds. The van der Waals surface area contributed by atoms with Crippen molar-refractivity contribution in [2.45, 2.75) is 62.6 Å². The molecule has 0 bridgehead atoms. The van der Waals surface area contributed by atoms with Crippen LogP contribution >= 0.6 is 11.8 Å². The Morgan fingerprint density at radius 1 is 1.19 bits per heavy atom. The van der Waals surface area contributed by atoms with Gasteiger partial charge in [0.05, 0.1) is 10.9 Å². The Morgan fingerprint density at radius 3 is 2.58 bits per heavy atom. The van der Waals surface area contributed by atoms with Crippen LogP contribution in [0.4, 0.5) is 20.4 Å². The standard InChI is InChI=1S/C21H27F2N5O2S/c1-13-9-11-27(12-10-13)20-25-26-21(28(20)15-7-8-15)31-14(2)18(29)24-16-5-3-4-6-17(16)30-19(22)23/h3-6,13-15,19H,7-12H2,1-2H3,(H,24,29). The summed E-state index contributed by atoms with van der Waals surface area (Å²) in [5.74, 6) is 1.24. The van der Waals surface area contributed by atoms with E-state index in [1.807, 2.05) is 0 Å². The molecule has 168 valence electrons. The molecule has 2 aromatic rings. The fourth-order valence-electron chi connectivity index (χ4n) is 3.64. The van der Waals surface area contributed by atoms with Crippen LogP contribution in [0.5, 0.6) is 5.75 Å². The zero-order chi connectivity index (χ0) is 22.0. The van der Waals surface area contributed by atoms with E-state index in [1.165, 1.54) is 23.9 Å². The number of para-hydroxylation sites is 2. The van der Waals surface area contributed by atoms with Crippen molar-refractivity contribution >= 4 is 29.3 Å². The van der Waals surface area contributed by atoms with E-state index in [0.29, 0.717) is 6.04 Å². The third-order valence-electron chi connectivity index (χ3n) is 5.64. The second kappa shape index (κ2) is 9.42. The minimum absolute atomic E-state index is 0.0641. The molecule has 2 fully saturated rings. The molecule has 7 nitrogen and oxygen atoms in total. The summed E-state index contributed by atoms with van der Waals surface area (Å²) in [7, 11) is 0. The molecule has 1 unspecified atom stereocenters. The fourth-order valence-corrected chi connectivity index (χ4v) is 4.56. The second-order valence-corrected chi connectivity index (χ2v) is 9.49. The van der Waals surface area contributed by atoms with Gasteiger partial charge in [-0.15, -0.1) is 10.2 Å². The van der Waals surface area contributed by atoms with Gasteiger partial charge in [0.15, 0.2) is 5.16 Å². The van der Waals surface area contributed by atoms with Gasteiger partial charge in [-0.25, -0.2) is 0 Å². The summed E-state index contributed by atoms with van der Waals surface area (Å²) in [4.78, 5) is 15.0. The van der Waals surface area contributed by atoms with E-state index in [1.54, 1.807) is 19.1 Å². The minimum atomic E-state index is -2.96. The monoisotopic (exact) mass is 451 g/mol. The summed E-state index contributed by atoms with van der Waals surface area (Å²) in [6.45, 7) is 3.01. The zero-order valence-corrected chi connectivity index (χ0v) is 18.4. The molecule has 1 atom stereocenters. The van der Waals surface area contributed by atoms with Crippen molar-refractivity contribution in [3.05, 3.63) is 24.3 Å². The van der Waals surface area contributed by atoms with E-state index in [9.17, 15) is 13.6 Å². The number of nitrogens with zero attached hydrogens (tertiary/aromatic N) is 4. The molecule has 2 heterocycles. The second-order valence-electron chi connectivity index (χ2n) is 8.18. The van der Waals surface area contributed by atoms with Gasteiger partial charge < -0.3 is 15.0 Å². The molecular weight excluding hydrogens is 424 g/mol. The largest absolute Gasteiger partial charge is 0.433 e. The maximum Gasteiger partial charge on any atom is 0.387 e. The Morgan fingerprint density at radius 2 is 1.90 bits per heavy atom. The van der Waals surface area contributed by atoms with Crippen molar-refractivity contribution < 1.29 is 18.3 Å². The van der Waals surface area contributed by atoms with Crippen molar-refractivity contribution in [3.8, 4) is 5.75 Å². The lowest BCUT2D eigenvalue weighted by atomic mass is 10.00. The highest BCUT2D eigenvalue weighted by atomic mass is 32.2. The van der Waals surface area contributed by atoms with Gasteiger partial charge >= 0.3 is 6.61 Å². The molecule has 31 heavy (non-hydrogen) atoms. The van der Waals surface area contributed by atoms with Gasteiger partial charge in [0, 0.05) is 19.1 Å². The lowest BCUT2D eigenvalue weighted by Crippen LogP contribution is -2.34. The molecule has 1 aromatic carbocycles. The minimum Gasteiger partial charge on any atom is -0.433 e. The molecule has 4 rings (SSSR count). The van der Waals surface area contributed by atoms with Gasteiger partial charge in [0.2, 0.25) is 11.9 Å². The van der Waals surface area contributed by atoms with Crippen LogP contribution in [0.3, 0.4) is 0 Å². The lowest BCUT2D eigenvalue weighted by Gasteiger charge is -2.31. The van der Waals surface area contributed by atoms with Gasteiger partial charge in [-0.05, 0) is 50.7 Å². The van der Waals surface area contributed by atoms with E-state index < -0.39 is 11.9 Å². The van der Waals surface area contributed by atoms with Crippen molar-refractivity contribution in [3.63, 3.8) is 0 Å². The predicted molar refractivity (Wildman–Crippen MR) is 116 cm³/mol. The van der Waals surface area contributed by atoms with Gasteiger partial charge in [0.25, 0.3) is 0 Å². The topological polar surface area (TPSA) is 72.3 Å². The Balaban J connectivity index is 1.45. The van der Waals surface area contributed by atoms with E-state index in [-0.39, 0.29) is 17.3 Å². The summed E-state index contributed by atoms with van der Waals surface area (Å²) in [6.07, 6.45) is 4.45. The molecule has 0 radical (unpaired) electrons. The van der Waals surface area contributed by atoms with Crippen LogP contribution in [-0.4, -0.2) is 45.6 Å². The summed E-state index contributed by atoms with van der Waals surface area (Å²) in [5, 5.41) is 11.8. The molecule has 1 aliphatic carbocycles.